The van der Waals surface area contributed by atoms with Crippen LogP contribution in [0.4, 0.5) is 5.69 Å². The van der Waals surface area contributed by atoms with Crippen molar-refractivity contribution in [2.75, 3.05) is 18.6 Å². The molecule has 7 nitrogen and oxygen atoms in total. The first-order chi connectivity index (χ1) is 15.2. The second-order valence-electron chi connectivity index (χ2n) is 7.11. The zero-order valence-corrected chi connectivity index (χ0v) is 19.2. The average Bonchev–Trinajstić information content (AvgIpc) is 3.22. The van der Waals surface area contributed by atoms with E-state index in [0.29, 0.717) is 23.6 Å². The Labute approximate surface area is 195 Å². The molecule has 0 bridgehead atoms. The van der Waals surface area contributed by atoms with Crippen LogP contribution in [0.3, 0.4) is 0 Å². The van der Waals surface area contributed by atoms with E-state index in [4.69, 9.17) is 32.7 Å². The number of amides is 1. The highest BCUT2D eigenvalue weighted by Crippen LogP contribution is 2.33. The largest absolute Gasteiger partial charge is 0.454 e. The van der Waals surface area contributed by atoms with Gasteiger partial charge >= 0.3 is 0 Å². The average molecular weight is 493 g/mol. The molecule has 1 amide bonds. The highest BCUT2D eigenvalue weighted by atomic mass is 35.5. The maximum Gasteiger partial charge on any atom is 0.261 e. The van der Waals surface area contributed by atoms with Crippen molar-refractivity contribution in [3.8, 4) is 11.5 Å². The van der Waals surface area contributed by atoms with Gasteiger partial charge in [-0.15, -0.1) is 0 Å². The maximum atomic E-state index is 12.9. The van der Waals surface area contributed by atoms with Gasteiger partial charge in [-0.25, -0.2) is 8.42 Å². The lowest BCUT2D eigenvalue weighted by molar-refractivity contribution is 0.0785. The van der Waals surface area contributed by atoms with Crippen molar-refractivity contribution in [2.24, 2.45) is 0 Å². The number of fused-ring (bicyclic) bond motifs is 1. The Morgan fingerprint density at radius 3 is 2.56 bits per heavy atom. The minimum absolute atomic E-state index is 0.0384. The van der Waals surface area contributed by atoms with Crippen LogP contribution in [0.2, 0.25) is 10.0 Å². The molecule has 1 aliphatic heterocycles. The summed E-state index contributed by atoms with van der Waals surface area (Å²) in [6, 6.07) is 15.8. The summed E-state index contributed by atoms with van der Waals surface area (Å²) in [4.78, 5) is 14.4. The molecular formula is C22H18Cl2N2O5S. The molecular weight excluding hydrogens is 475 g/mol. The molecule has 0 unspecified atom stereocenters. The zero-order chi connectivity index (χ0) is 22.9. The van der Waals surface area contributed by atoms with Gasteiger partial charge in [0.25, 0.3) is 15.9 Å². The number of rotatable bonds is 6. The number of hydrogen-bond donors (Lipinski definition) is 1. The van der Waals surface area contributed by atoms with Crippen molar-refractivity contribution in [3.05, 3.63) is 81.8 Å². The van der Waals surface area contributed by atoms with Gasteiger partial charge in [-0.1, -0.05) is 35.3 Å². The summed E-state index contributed by atoms with van der Waals surface area (Å²) in [5.74, 6) is 1.05. The first-order valence-electron chi connectivity index (χ1n) is 9.45. The summed E-state index contributed by atoms with van der Waals surface area (Å²) < 4.78 is 38.5. The number of carbonyl (C=O) groups is 1. The molecule has 0 fully saturated rings. The van der Waals surface area contributed by atoms with E-state index in [1.54, 1.807) is 31.3 Å². The highest BCUT2D eigenvalue weighted by molar-refractivity contribution is 7.92. The molecule has 10 heteroatoms. The number of benzene rings is 3. The van der Waals surface area contributed by atoms with E-state index in [1.807, 2.05) is 12.1 Å². The molecule has 4 rings (SSSR count). The van der Waals surface area contributed by atoms with E-state index >= 15 is 0 Å². The molecule has 0 aromatic heterocycles. The van der Waals surface area contributed by atoms with Crippen molar-refractivity contribution in [3.63, 3.8) is 0 Å². The summed E-state index contributed by atoms with van der Waals surface area (Å²) in [5.41, 5.74) is 1.46. The first-order valence-corrected chi connectivity index (χ1v) is 11.7. The topological polar surface area (TPSA) is 84.9 Å². The lowest BCUT2D eigenvalue weighted by atomic mass is 10.1. The van der Waals surface area contributed by atoms with Gasteiger partial charge in [0.05, 0.1) is 14.9 Å². The molecule has 3 aromatic carbocycles. The van der Waals surface area contributed by atoms with Gasteiger partial charge in [0.1, 0.15) is 0 Å². The molecule has 3 aromatic rings. The number of hydrogen-bond acceptors (Lipinski definition) is 5. The summed E-state index contributed by atoms with van der Waals surface area (Å²) in [6.45, 7) is 0.521. The monoisotopic (exact) mass is 492 g/mol. The van der Waals surface area contributed by atoms with Gasteiger partial charge in [0.15, 0.2) is 11.5 Å². The van der Waals surface area contributed by atoms with Crippen LogP contribution in [0.15, 0.2) is 65.6 Å². The maximum absolute atomic E-state index is 12.9. The smallest absolute Gasteiger partial charge is 0.261 e. The predicted octanol–water partition coefficient (Wildman–Crippen LogP) is 4.80. The lowest BCUT2D eigenvalue weighted by Crippen LogP contribution is -2.26. The summed E-state index contributed by atoms with van der Waals surface area (Å²) in [6.07, 6.45) is 0. The fourth-order valence-electron chi connectivity index (χ4n) is 3.18. The number of sulfonamides is 1. The minimum atomic E-state index is -3.91. The van der Waals surface area contributed by atoms with E-state index in [0.717, 1.165) is 5.56 Å². The minimum Gasteiger partial charge on any atom is -0.454 e. The van der Waals surface area contributed by atoms with Crippen LogP contribution >= 0.6 is 23.2 Å². The van der Waals surface area contributed by atoms with E-state index in [1.165, 1.54) is 29.2 Å². The van der Waals surface area contributed by atoms with Gasteiger partial charge < -0.3 is 14.4 Å². The van der Waals surface area contributed by atoms with Gasteiger partial charge in [0, 0.05) is 24.8 Å². The Kier molecular flexibility index (Phi) is 6.19. The van der Waals surface area contributed by atoms with Crippen LogP contribution in [-0.2, 0) is 16.6 Å². The van der Waals surface area contributed by atoms with Crippen molar-refractivity contribution < 1.29 is 22.7 Å². The Morgan fingerprint density at radius 2 is 1.78 bits per heavy atom. The Morgan fingerprint density at radius 1 is 1.00 bits per heavy atom. The normalized spacial score (nSPS) is 12.5. The van der Waals surface area contributed by atoms with Gasteiger partial charge in [-0.05, 0) is 54.1 Å². The highest BCUT2D eigenvalue weighted by Gasteiger charge is 2.19. The van der Waals surface area contributed by atoms with Crippen LogP contribution in [-0.4, -0.2) is 33.1 Å². The molecule has 0 spiro atoms. The van der Waals surface area contributed by atoms with Crippen LogP contribution in [0.5, 0.6) is 11.5 Å². The van der Waals surface area contributed by atoms with Gasteiger partial charge in [-0.3, -0.25) is 9.52 Å². The van der Waals surface area contributed by atoms with E-state index in [2.05, 4.69) is 4.72 Å². The predicted molar refractivity (Wildman–Crippen MR) is 122 cm³/mol. The Bertz CT molecular complexity index is 1300. The molecule has 0 radical (unpaired) electrons. The molecule has 1 N–H and O–H groups in total. The van der Waals surface area contributed by atoms with Crippen molar-refractivity contribution >= 4 is 44.8 Å². The molecule has 0 saturated heterocycles. The van der Waals surface area contributed by atoms with Crippen LogP contribution in [0.25, 0.3) is 0 Å². The molecule has 1 aliphatic rings. The standard InChI is InChI=1S/C22H18Cl2N2O5S/c1-26(12-14-5-8-20-21(9-14)31-13-30-20)22(27)15-3-2-4-16(10-15)25-32(28,29)17-6-7-18(23)19(24)11-17/h2-11,25H,12-13H2,1H3. The van der Waals surface area contributed by atoms with Crippen LogP contribution in [0, 0.1) is 0 Å². The van der Waals surface area contributed by atoms with Crippen molar-refractivity contribution in [1.82, 2.24) is 4.90 Å². The fraction of sp³-hybridized carbons (Fsp3) is 0.136. The van der Waals surface area contributed by atoms with E-state index in [9.17, 15) is 13.2 Å². The summed E-state index contributed by atoms with van der Waals surface area (Å²) in [5, 5.41) is 0.382. The fourth-order valence-corrected chi connectivity index (χ4v) is 4.62. The number of nitrogens with one attached hydrogen (secondary N) is 1. The third-order valence-electron chi connectivity index (χ3n) is 4.77. The van der Waals surface area contributed by atoms with Crippen molar-refractivity contribution in [2.45, 2.75) is 11.4 Å². The molecule has 1 heterocycles. The molecule has 0 saturated carbocycles. The van der Waals surface area contributed by atoms with E-state index in [-0.39, 0.29) is 33.3 Å². The zero-order valence-electron chi connectivity index (χ0n) is 16.8. The first kappa shape index (κ1) is 22.3. The molecule has 0 aliphatic carbocycles. The summed E-state index contributed by atoms with van der Waals surface area (Å²) in [7, 11) is -2.25. The second-order valence-corrected chi connectivity index (χ2v) is 9.61. The number of ether oxygens (including phenoxy) is 2. The number of carbonyl (C=O) groups excluding carboxylic acids is 1. The number of nitrogens with zero attached hydrogens (tertiary/aromatic N) is 1. The Balaban J connectivity index is 1.49. The van der Waals surface area contributed by atoms with Gasteiger partial charge in [0.2, 0.25) is 6.79 Å². The van der Waals surface area contributed by atoms with Crippen LogP contribution < -0.4 is 14.2 Å². The summed E-state index contributed by atoms with van der Waals surface area (Å²) >= 11 is 11.8. The molecule has 166 valence electrons. The third kappa shape index (κ3) is 4.77. The molecule has 0 atom stereocenters. The van der Waals surface area contributed by atoms with Crippen LogP contribution in [0.1, 0.15) is 15.9 Å². The number of halogens is 2. The van der Waals surface area contributed by atoms with Crippen molar-refractivity contribution in [1.29, 1.82) is 0 Å². The lowest BCUT2D eigenvalue weighted by Gasteiger charge is -2.18. The Hall–Kier alpha value is -2.94. The second kappa shape index (κ2) is 8.90. The number of anilines is 1. The quantitative estimate of drug-likeness (QED) is 0.534. The third-order valence-corrected chi connectivity index (χ3v) is 6.88. The SMILES string of the molecule is CN(Cc1ccc2c(c1)OCO2)C(=O)c1cccc(NS(=O)(=O)c2ccc(Cl)c(Cl)c2)c1. The van der Waals surface area contributed by atoms with E-state index < -0.39 is 10.0 Å². The van der Waals surface area contributed by atoms with Gasteiger partial charge in [-0.2, -0.15) is 0 Å². The molecule has 32 heavy (non-hydrogen) atoms.